The Balaban J connectivity index is 2.05. The minimum Gasteiger partial charge on any atom is -0.496 e. The minimum atomic E-state index is -0.00171. The van der Waals surface area contributed by atoms with Crippen LogP contribution in [0.1, 0.15) is 22.5 Å². The maximum atomic E-state index is 12.8. The molecule has 1 aliphatic carbocycles. The van der Waals surface area contributed by atoms with Crippen LogP contribution in [0.25, 0.3) is 10.1 Å². The third-order valence-electron chi connectivity index (χ3n) is 3.70. The molecule has 1 aromatic heterocycles. The summed E-state index contributed by atoms with van der Waals surface area (Å²) in [7, 11) is 1.61. The predicted octanol–water partition coefficient (Wildman–Crippen LogP) is 3.28. The van der Waals surface area contributed by atoms with E-state index in [-0.39, 0.29) is 5.91 Å². The first-order valence-corrected chi connectivity index (χ1v) is 7.75. The van der Waals surface area contributed by atoms with Gasteiger partial charge in [0, 0.05) is 17.3 Å². The van der Waals surface area contributed by atoms with Gasteiger partial charge in [0.15, 0.2) is 0 Å². The first kappa shape index (κ1) is 13.9. The molecule has 0 atom stereocenters. The third-order valence-corrected chi connectivity index (χ3v) is 4.86. The van der Waals surface area contributed by atoms with Gasteiger partial charge in [-0.15, -0.1) is 17.9 Å². The fourth-order valence-corrected chi connectivity index (χ4v) is 3.62. The van der Waals surface area contributed by atoms with Crippen molar-refractivity contribution in [2.45, 2.75) is 18.9 Å². The summed E-state index contributed by atoms with van der Waals surface area (Å²) in [6, 6.07) is 6.07. The number of benzene rings is 1. The van der Waals surface area contributed by atoms with Gasteiger partial charge in [-0.3, -0.25) is 4.79 Å². The fraction of sp³-hybridized carbons (Fsp3) is 0.312. The Morgan fingerprint density at radius 2 is 2.33 bits per heavy atom. The molecule has 0 radical (unpaired) electrons. The van der Waals surface area contributed by atoms with Crippen LogP contribution in [-0.4, -0.2) is 30.5 Å². The van der Waals surface area contributed by atoms with Gasteiger partial charge in [0.2, 0.25) is 0 Å². The van der Waals surface area contributed by atoms with E-state index in [1.807, 2.05) is 23.1 Å². The van der Waals surface area contributed by atoms with Gasteiger partial charge in [0.25, 0.3) is 5.91 Å². The van der Waals surface area contributed by atoms with Crippen LogP contribution in [-0.2, 0) is 0 Å². The van der Waals surface area contributed by atoms with Crippen LogP contribution in [0.3, 0.4) is 0 Å². The van der Waals surface area contributed by atoms with Crippen LogP contribution < -0.4 is 10.5 Å². The van der Waals surface area contributed by atoms with Gasteiger partial charge in [-0.1, -0.05) is 12.1 Å². The van der Waals surface area contributed by atoms with Crippen LogP contribution in [0.5, 0.6) is 5.75 Å². The van der Waals surface area contributed by atoms with Crippen molar-refractivity contribution >= 4 is 33.0 Å². The number of ether oxygens (including phenoxy) is 1. The first-order chi connectivity index (χ1) is 10.2. The number of nitrogens with zero attached hydrogens (tertiary/aromatic N) is 1. The van der Waals surface area contributed by atoms with E-state index in [9.17, 15) is 4.79 Å². The highest BCUT2D eigenvalue weighted by Gasteiger charge is 2.34. The van der Waals surface area contributed by atoms with E-state index < -0.39 is 0 Å². The smallest absolute Gasteiger partial charge is 0.266 e. The highest BCUT2D eigenvalue weighted by molar-refractivity contribution is 7.21. The molecule has 21 heavy (non-hydrogen) atoms. The number of hydrogen-bond donors (Lipinski definition) is 1. The monoisotopic (exact) mass is 302 g/mol. The third kappa shape index (κ3) is 2.38. The molecule has 2 aromatic rings. The molecule has 110 valence electrons. The molecule has 0 aliphatic heterocycles. The minimum absolute atomic E-state index is 0.00171. The maximum Gasteiger partial charge on any atom is 0.266 e. The quantitative estimate of drug-likeness (QED) is 0.862. The van der Waals surface area contributed by atoms with Gasteiger partial charge in [-0.2, -0.15) is 0 Å². The zero-order valence-electron chi connectivity index (χ0n) is 12.0. The van der Waals surface area contributed by atoms with Crippen molar-refractivity contribution in [3.63, 3.8) is 0 Å². The van der Waals surface area contributed by atoms with Crippen molar-refractivity contribution < 1.29 is 9.53 Å². The molecule has 5 heteroatoms. The number of nitrogen functional groups attached to an aromatic ring is 1. The second-order valence-corrected chi connectivity index (χ2v) is 6.21. The van der Waals surface area contributed by atoms with Gasteiger partial charge in [-0.05, 0) is 25.0 Å². The van der Waals surface area contributed by atoms with E-state index in [1.54, 1.807) is 13.2 Å². The normalized spacial score (nSPS) is 14.1. The van der Waals surface area contributed by atoms with E-state index in [0.29, 0.717) is 28.9 Å². The van der Waals surface area contributed by atoms with Crippen molar-refractivity contribution in [2.24, 2.45) is 0 Å². The fourth-order valence-electron chi connectivity index (χ4n) is 2.52. The largest absolute Gasteiger partial charge is 0.496 e. The van der Waals surface area contributed by atoms with E-state index in [2.05, 4.69) is 6.58 Å². The van der Waals surface area contributed by atoms with Crippen LogP contribution in [0.2, 0.25) is 0 Å². The highest BCUT2D eigenvalue weighted by Crippen LogP contribution is 2.41. The Kier molecular flexibility index (Phi) is 3.59. The molecule has 1 aliphatic rings. The van der Waals surface area contributed by atoms with Crippen molar-refractivity contribution in [1.29, 1.82) is 0 Å². The molecule has 0 spiro atoms. The topological polar surface area (TPSA) is 55.6 Å². The molecule has 1 saturated carbocycles. The lowest BCUT2D eigenvalue weighted by Crippen LogP contribution is -2.33. The lowest BCUT2D eigenvalue weighted by Gasteiger charge is -2.20. The van der Waals surface area contributed by atoms with Gasteiger partial charge in [-0.25, -0.2) is 0 Å². The van der Waals surface area contributed by atoms with Crippen molar-refractivity contribution in [2.75, 3.05) is 19.4 Å². The van der Waals surface area contributed by atoms with Crippen LogP contribution >= 0.6 is 11.3 Å². The number of thiophene rings is 1. The summed E-state index contributed by atoms with van der Waals surface area (Å²) in [5, 5.41) is 0.836. The number of methoxy groups -OCH3 is 1. The summed E-state index contributed by atoms with van der Waals surface area (Å²) >= 11 is 1.43. The number of carbonyl (C=O) groups excluding carboxylic acids is 1. The van der Waals surface area contributed by atoms with Gasteiger partial charge < -0.3 is 15.4 Å². The van der Waals surface area contributed by atoms with E-state index in [4.69, 9.17) is 10.5 Å². The summed E-state index contributed by atoms with van der Waals surface area (Å²) in [5.41, 5.74) is 6.75. The molecular formula is C16H18N2O2S. The van der Waals surface area contributed by atoms with Crippen molar-refractivity contribution in [3.8, 4) is 5.75 Å². The number of hydrogen-bond acceptors (Lipinski definition) is 4. The molecule has 1 heterocycles. The molecule has 4 nitrogen and oxygen atoms in total. The Bertz CT molecular complexity index is 704. The summed E-state index contributed by atoms with van der Waals surface area (Å²) in [6.07, 6.45) is 3.89. The van der Waals surface area contributed by atoms with Crippen molar-refractivity contribution in [1.82, 2.24) is 4.90 Å². The Morgan fingerprint density at radius 1 is 1.57 bits per heavy atom. The first-order valence-electron chi connectivity index (χ1n) is 6.94. The number of fused-ring (bicyclic) bond motifs is 1. The molecule has 0 unspecified atom stereocenters. The van der Waals surface area contributed by atoms with E-state index in [0.717, 1.165) is 22.9 Å². The summed E-state index contributed by atoms with van der Waals surface area (Å²) in [4.78, 5) is 15.2. The van der Waals surface area contributed by atoms with E-state index >= 15 is 0 Å². The molecule has 3 rings (SSSR count). The lowest BCUT2D eigenvalue weighted by molar-refractivity contribution is 0.0768. The zero-order valence-corrected chi connectivity index (χ0v) is 12.8. The molecule has 2 N–H and O–H groups in total. The molecule has 1 amide bonds. The predicted molar refractivity (Wildman–Crippen MR) is 87.0 cm³/mol. The second-order valence-electron chi connectivity index (χ2n) is 5.16. The van der Waals surface area contributed by atoms with Crippen molar-refractivity contribution in [3.05, 3.63) is 35.7 Å². The maximum absolute atomic E-state index is 12.8. The molecule has 0 bridgehead atoms. The average Bonchev–Trinajstić information content (AvgIpc) is 3.28. The Labute approximate surface area is 127 Å². The second kappa shape index (κ2) is 5.41. The van der Waals surface area contributed by atoms with E-state index in [1.165, 1.54) is 11.3 Å². The highest BCUT2D eigenvalue weighted by atomic mass is 32.1. The van der Waals surface area contributed by atoms with Gasteiger partial charge in [0.05, 0.1) is 18.2 Å². The number of amides is 1. The standard InChI is InChI=1S/C16H18N2O2S/c1-3-9-18(10-7-8-10)16(19)15-14(17)13-11(20-2)5-4-6-12(13)21-15/h3-6,10H,1,7-9,17H2,2H3. The Hall–Kier alpha value is -2.01. The lowest BCUT2D eigenvalue weighted by atomic mass is 10.2. The van der Waals surface area contributed by atoms with Gasteiger partial charge >= 0.3 is 0 Å². The van der Waals surface area contributed by atoms with Gasteiger partial charge in [0.1, 0.15) is 10.6 Å². The molecule has 0 saturated heterocycles. The van der Waals surface area contributed by atoms with Crippen LogP contribution in [0, 0.1) is 0 Å². The molecule has 1 aromatic carbocycles. The summed E-state index contributed by atoms with van der Waals surface area (Å²) in [5.74, 6) is 0.708. The number of anilines is 1. The number of nitrogens with two attached hydrogens (primary N) is 1. The molecule has 1 fully saturated rings. The Morgan fingerprint density at radius 3 is 2.95 bits per heavy atom. The zero-order chi connectivity index (χ0) is 15.0. The number of rotatable bonds is 5. The average molecular weight is 302 g/mol. The van der Waals surface area contributed by atoms with Crippen LogP contribution in [0.4, 0.5) is 5.69 Å². The number of carbonyl (C=O) groups is 1. The SMILES string of the molecule is C=CCN(C(=O)c1sc2cccc(OC)c2c1N)C1CC1. The summed E-state index contributed by atoms with van der Waals surface area (Å²) < 4.78 is 6.33. The summed E-state index contributed by atoms with van der Waals surface area (Å²) in [6.45, 7) is 4.30. The van der Waals surface area contributed by atoms with Crippen LogP contribution in [0.15, 0.2) is 30.9 Å². The molecular weight excluding hydrogens is 284 g/mol.